The van der Waals surface area contributed by atoms with Gasteiger partial charge >= 0.3 is 0 Å². The van der Waals surface area contributed by atoms with Gasteiger partial charge in [-0.3, -0.25) is 9.78 Å². The fourth-order valence-electron chi connectivity index (χ4n) is 2.48. The van der Waals surface area contributed by atoms with Gasteiger partial charge in [-0.2, -0.15) is 4.98 Å². The van der Waals surface area contributed by atoms with Gasteiger partial charge in [-0.1, -0.05) is 0 Å². The number of pyridine rings is 1. The van der Waals surface area contributed by atoms with Gasteiger partial charge in [-0.15, -0.1) is 0 Å². The molecule has 0 unspecified atom stereocenters. The Morgan fingerprint density at radius 1 is 1.04 bits per heavy atom. The number of amides is 1. The van der Waals surface area contributed by atoms with Crippen molar-refractivity contribution in [3.8, 4) is 11.3 Å². The predicted molar refractivity (Wildman–Crippen MR) is 108 cm³/mol. The van der Waals surface area contributed by atoms with Gasteiger partial charge in [-0.25, -0.2) is 4.98 Å². The molecule has 1 aromatic carbocycles. The first kappa shape index (κ1) is 18.3. The molecular formula is C20H22N6O. The average molecular weight is 362 g/mol. The van der Waals surface area contributed by atoms with Crippen molar-refractivity contribution in [2.45, 2.75) is 26.8 Å². The number of aromatic nitrogens is 3. The second kappa shape index (κ2) is 8.27. The zero-order chi connectivity index (χ0) is 19.2. The molecule has 0 aliphatic carbocycles. The van der Waals surface area contributed by atoms with E-state index in [0.29, 0.717) is 11.8 Å². The second-order valence-electron chi connectivity index (χ2n) is 6.39. The summed E-state index contributed by atoms with van der Waals surface area (Å²) in [5.41, 5.74) is 3.29. The van der Waals surface area contributed by atoms with Gasteiger partial charge in [0.15, 0.2) is 0 Å². The minimum atomic E-state index is -0.1000. The summed E-state index contributed by atoms with van der Waals surface area (Å²) < 4.78 is 0. The van der Waals surface area contributed by atoms with Crippen molar-refractivity contribution in [2.24, 2.45) is 0 Å². The third-order valence-electron chi connectivity index (χ3n) is 3.58. The number of carbonyl (C=O) groups is 1. The van der Waals surface area contributed by atoms with Crippen LogP contribution in [0.25, 0.3) is 11.3 Å². The number of hydrogen-bond acceptors (Lipinski definition) is 6. The van der Waals surface area contributed by atoms with Crippen LogP contribution in [0.4, 0.5) is 23.1 Å². The number of rotatable bonds is 6. The molecule has 0 spiro atoms. The number of carbonyl (C=O) groups excluding carboxylic acids is 1. The van der Waals surface area contributed by atoms with Crippen LogP contribution in [0.15, 0.2) is 54.9 Å². The van der Waals surface area contributed by atoms with Crippen LogP contribution in [0, 0.1) is 0 Å². The summed E-state index contributed by atoms with van der Waals surface area (Å²) in [4.78, 5) is 24.4. The summed E-state index contributed by atoms with van der Waals surface area (Å²) in [5.74, 6) is 1.11. The van der Waals surface area contributed by atoms with Crippen LogP contribution in [0.5, 0.6) is 0 Å². The Kier molecular flexibility index (Phi) is 5.61. The zero-order valence-electron chi connectivity index (χ0n) is 15.5. The molecule has 0 saturated carbocycles. The molecule has 2 aromatic heterocycles. The fraction of sp³-hybridized carbons (Fsp3) is 0.200. The molecule has 3 N–H and O–H groups in total. The normalized spacial score (nSPS) is 10.5. The highest BCUT2D eigenvalue weighted by atomic mass is 16.1. The monoisotopic (exact) mass is 362 g/mol. The van der Waals surface area contributed by atoms with Gasteiger partial charge < -0.3 is 16.0 Å². The van der Waals surface area contributed by atoms with E-state index in [2.05, 4.69) is 30.9 Å². The second-order valence-corrected chi connectivity index (χ2v) is 6.39. The lowest BCUT2D eigenvalue weighted by Crippen LogP contribution is -2.13. The van der Waals surface area contributed by atoms with Crippen molar-refractivity contribution in [3.63, 3.8) is 0 Å². The van der Waals surface area contributed by atoms with Crippen LogP contribution in [0.1, 0.15) is 20.8 Å². The highest BCUT2D eigenvalue weighted by Crippen LogP contribution is 2.24. The first-order chi connectivity index (χ1) is 13.0. The van der Waals surface area contributed by atoms with Crippen molar-refractivity contribution in [3.05, 3.63) is 54.9 Å². The zero-order valence-corrected chi connectivity index (χ0v) is 15.5. The SMILES string of the molecule is CC(=O)Nc1ccc(Nc2cc(-c3cccnc3)nc(NC(C)C)n2)cc1. The third-order valence-corrected chi connectivity index (χ3v) is 3.58. The van der Waals surface area contributed by atoms with Crippen LogP contribution in [-0.4, -0.2) is 26.9 Å². The number of anilines is 4. The van der Waals surface area contributed by atoms with E-state index in [9.17, 15) is 4.79 Å². The number of hydrogen-bond donors (Lipinski definition) is 3. The minimum absolute atomic E-state index is 0.1000. The standard InChI is InChI=1S/C20H22N6O/c1-13(2)22-20-25-18(15-5-4-10-21-12-15)11-19(26-20)24-17-8-6-16(7-9-17)23-14(3)27/h4-13H,1-3H3,(H,23,27)(H2,22,24,25,26). The molecule has 0 atom stereocenters. The van der Waals surface area contributed by atoms with E-state index in [1.165, 1.54) is 6.92 Å². The third kappa shape index (κ3) is 5.24. The lowest BCUT2D eigenvalue weighted by Gasteiger charge is -2.13. The molecule has 2 heterocycles. The highest BCUT2D eigenvalue weighted by Gasteiger charge is 2.08. The van der Waals surface area contributed by atoms with Crippen LogP contribution >= 0.6 is 0 Å². The maximum atomic E-state index is 11.1. The molecule has 7 nitrogen and oxygen atoms in total. The predicted octanol–water partition coefficient (Wildman–Crippen LogP) is 4.06. The molecule has 0 fully saturated rings. The van der Waals surface area contributed by atoms with Crippen molar-refractivity contribution in [2.75, 3.05) is 16.0 Å². The Hall–Kier alpha value is -3.48. The van der Waals surface area contributed by atoms with Crippen molar-refractivity contribution in [1.82, 2.24) is 15.0 Å². The molecule has 0 aliphatic heterocycles. The van der Waals surface area contributed by atoms with E-state index in [1.807, 2.05) is 56.3 Å². The van der Waals surface area contributed by atoms with Gasteiger partial charge in [-0.05, 0) is 50.2 Å². The summed E-state index contributed by atoms with van der Waals surface area (Å²) in [5, 5.41) is 9.27. The molecule has 0 saturated heterocycles. The van der Waals surface area contributed by atoms with Crippen LogP contribution in [-0.2, 0) is 4.79 Å². The first-order valence-electron chi connectivity index (χ1n) is 8.70. The van der Waals surface area contributed by atoms with Gasteiger partial charge in [0, 0.05) is 48.4 Å². The lowest BCUT2D eigenvalue weighted by molar-refractivity contribution is -0.114. The number of nitrogens with one attached hydrogen (secondary N) is 3. The maximum Gasteiger partial charge on any atom is 0.225 e. The molecule has 138 valence electrons. The van der Waals surface area contributed by atoms with Gasteiger partial charge in [0.2, 0.25) is 11.9 Å². The topological polar surface area (TPSA) is 91.8 Å². The van der Waals surface area contributed by atoms with Crippen molar-refractivity contribution >= 4 is 29.0 Å². The summed E-state index contributed by atoms with van der Waals surface area (Å²) >= 11 is 0. The molecule has 0 radical (unpaired) electrons. The van der Waals surface area contributed by atoms with Gasteiger partial charge in [0.25, 0.3) is 0 Å². The molecule has 27 heavy (non-hydrogen) atoms. The smallest absolute Gasteiger partial charge is 0.225 e. The Labute approximate surface area is 158 Å². The quantitative estimate of drug-likeness (QED) is 0.612. The summed E-state index contributed by atoms with van der Waals surface area (Å²) in [6.07, 6.45) is 3.50. The molecule has 3 aromatic rings. The number of nitrogens with zero attached hydrogens (tertiary/aromatic N) is 3. The molecule has 7 heteroatoms. The maximum absolute atomic E-state index is 11.1. The largest absolute Gasteiger partial charge is 0.352 e. The van der Waals surface area contributed by atoms with Crippen molar-refractivity contribution < 1.29 is 4.79 Å². The Balaban J connectivity index is 1.88. The van der Waals surface area contributed by atoms with Crippen LogP contribution in [0.3, 0.4) is 0 Å². The van der Waals surface area contributed by atoms with Gasteiger partial charge in [0.1, 0.15) is 5.82 Å². The summed E-state index contributed by atoms with van der Waals surface area (Å²) in [7, 11) is 0. The van der Waals surface area contributed by atoms with E-state index in [0.717, 1.165) is 22.6 Å². The Bertz CT molecular complexity index is 910. The van der Waals surface area contributed by atoms with E-state index in [4.69, 9.17) is 0 Å². The summed E-state index contributed by atoms with van der Waals surface area (Å²) in [6, 6.07) is 13.4. The van der Waals surface area contributed by atoms with E-state index >= 15 is 0 Å². The Morgan fingerprint density at radius 3 is 2.41 bits per heavy atom. The fourth-order valence-corrected chi connectivity index (χ4v) is 2.48. The minimum Gasteiger partial charge on any atom is -0.352 e. The molecule has 0 bridgehead atoms. The van der Waals surface area contributed by atoms with Gasteiger partial charge in [0.05, 0.1) is 5.69 Å². The first-order valence-corrected chi connectivity index (χ1v) is 8.70. The molecule has 0 aliphatic rings. The Morgan fingerprint density at radius 2 is 1.78 bits per heavy atom. The van der Waals surface area contributed by atoms with E-state index in [1.54, 1.807) is 12.4 Å². The summed E-state index contributed by atoms with van der Waals surface area (Å²) in [6.45, 7) is 5.55. The molecule has 1 amide bonds. The molecular weight excluding hydrogens is 340 g/mol. The average Bonchev–Trinajstić information content (AvgIpc) is 2.63. The van der Waals surface area contributed by atoms with Crippen LogP contribution < -0.4 is 16.0 Å². The van der Waals surface area contributed by atoms with E-state index < -0.39 is 0 Å². The number of benzene rings is 1. The van der Waals surface area contributed by atoms with E-state index in [-0.39, 0.29) is 11.9 Å². The highest BCUT2D eigenvalue weighted by molar-refractivity contribution is 5.88. The van der Waals surface area contributed by atoms with Crippen LogP contribution in [0.2, 0.25) is 0 Å². The molecule has 3 rings (SSSR count). The van der Waals surface area contributed by atoms with Crippen molar-refractivity contribution in [1.29, 1.82) is 0 Å². The lowest BCUT2D eigenvalue weighted by atomic mass is 10.2.